The minimum absolute atomic E-state index is 0.241. The van der Waals surface area contributed by atoms with Gasteiger partial charge in [0, 0.05) is 33.6 Å². The lowest BCUT2D eigenvalue weighted by molar-refractivity contribution is 0.100. The van der Waals surface area contributed by atoms with Crippen molar-refractivity contribution in [1.82, 2.24) is 0 Å². The van der Waals surface area contributed by atoms with Crippen LogP contribution >= 0.6 is 0 Å². The van der Waals surface area contributed by atoms with E-state index in [2.05, 4.69) is 0 Å². The third kappa shape index (κ3) is 3.03. The van der Waals surface area contributed by atoms with Crippen LogP contribution < -0.4 is 11.5 Å². The maximum Gasteiger partial charge on any atom is 0.193 e. The molecule has 4 N–H and O–H groups in total. The molecule has 0 aromatic heterocycles. The van der Waals surface area contributed by atoms with Gasteiger partial charge in [-0.25, -0.2) is 0 Å². The van der Waals surface area contributed by atoms with Crippen molar-refractivity contribution >= 4 is 22.9 Å². The minimum Gasteiger partial charge on any atom is -0.399 e. The Labute approximate surface area is 139 Å². The SMILES string of the molecule is Nc1cccc(C(=O)c2ccccc2C(=O)c2cccc(N)c2)c1. The summed E-state index contributed by atoms with van der Waals surface area (Å²) in [6.07, 6.45) is 0. The van der Waals surface area contributed by atoms with E-state index in [1.165, 1.54) is 0 Å². The Bertz CT molecular complexity index is 856. The van der Waals surface area contributed by atoms with Crippen LogP contribution in [-0.2, 0) is 0 Å². The standard InChI is InChI=1S/C20H16N2O2/c21-15-7-3-5-13(11-15)19(23)17-9-1-2-10-18(17)20(24)14-6-4-8-16(22)12-14/h1-12H,21-22H2. The number of hydrogen-bond donors (Lipinski definition) is 2. The Hall–Kier alpha value is -3.40. The average molecular weight is 316 g/mol. The van der Waals surface area contributed by atoms with Crippen LogP contribution in [0, 0.1) is 0 Å². The zero-order chi connectivity index (χ0) is 17.1. The van der Waals surface area contributed by atoms with E-state index >= 15 is 0 Å². The van der Waals surface area contributed by atoms with Gasteiger partial charge >= 0.3 is 0 Å². The smallest absolute Gasteiger partial charge is 0.193 e. The van der Waals surface area contributed by atoms with Crippen LogP contribution in [0.3, 0.4) is 0 Å². The van der Waals surface area contributed by atoms with Gasteiger partial charge in [0.2, 0.25) is 0 Å². The number of nitrogens with two attached hydrogens (primary N) is 2. The van der Waals surface area contributed by atoms with Gasteiger partial charge in [0.15, 0.2) is 11.6 Å². The second-order valence-corrected chi connectivity index (χ2v) is 5.45. The third-order valence-corrected chi connectivity index (χ3v) is 3.71. The summed E-state index contributed by atoms with van der Waals surface area (Å²) in [5.41, 5.74) is 14.1. The molecule has 0 saturated heterocycles. The number of anilines is 2. The molecule has 0 aliphatic heterocycles. The van der Waals surface area contributed by atoms with E-state index in [4.69, 9.17) is 11.5 Å². The number of rotatable bonds is 4. The molecule has 118 valence electrons. The predicted molar refractivity (Wildman–Crippen MR) is 95.0 cm³/mol. The monoisotopic (exact) mass is 316 g/mol. The molecule has 4 heteroatoms. The van der Waals surface area contributed by atoms with Gasteiger partial charge in [-0.2, -0.15) is 0 Å². The first-order chi connectivity index (χ1) is 11.6. The normalized spacial score (nSPS) is 10.3. The highest BCUT2D eigenvalue weighted by molar-refractivity contribution is 6.19. The second kappa shape index (κ2) is 6.38. The van der Waals surface area contributed by atoms with E-state index in [1.54, 1.807) is 72.8 Å². The number of ketones is 2. The molecule has 3 aromatic carbocycles. The van der Waals surface area contributed by atoms with Crippen molar-refractivity contribution in [3.63, 3.8) is 0 Å². The first kappa shape index (κ1) is 15.5. The summed E-state index contributed by atoms with van der Waals surface area (Å²) in [7, 11) is 0. The molecule has 0 spiro atoms. The van der Waals surface area contributed by atoms with Crippen molar-refractivity contribution in [2.75, 3.05) is 11.5 Å². The summed E-state index contributed by atoms with van der Waals surface area (Å²) in [5.74, 6) is -0.481. The molecule has 24 heavy (non-hydrogen) atoms. The van der Waals surface area contributed by atoms with E-state index in [-0.39, 0.29) is 11.6 Å². The van der Waals surface area contributed by atoms with Crippen LogP contribution in [0.2, 0.25) is 0 Å². The van der Waals surface area contributed by atoms with Crippen LogP contribution in [-0.4, -0.2) is 11.6 Å². The molecule has 0 heterocycles. The summed E-state index contributed by atoms with van der Waals surface area (Å²) in [4.78, 5) is 25.6. The second-order valence-electron chi connectivity index (χ2n) is 5.45. The Morgan fingerprint density at radius 1 is 0.583 bits per heavy atom. The molecular weight excluding hydrogens is 300 g/mol. The molecule has 0 bridgehead atoms. The average Bonchev–Trinajstić information content (AvgIpc) is 2.60. The number of hydrogen-bond acceptors (Lipinski definition) is 4. The molecule has 0 amide bonds. The highest BCUT2D eigenvalue weighted by Crippen LogP contribution is 2.20. The highest BCUT2D eigenvalue weighted by Gasteiger charge is 2.19. The van der Waals surface area contributed by atoms with Gasteiger partial charge in [0.25, 0.3) is 0 Å². The third-order valence-electron chi connectivity index (χ3n) is 3.71. The zero-order valence-corrected chi connectivity index (χ0v) is 12.9. The topological polar surface area (TPSA) is 86.2 Å². The summed E-state index contributed by atoms with van der Waals surface area (Å²) in [5, 5.41) is 0. The van der Waals surface area contributed by atoms with Crippen molar-refractivity contribution in [2.45, 2.75) is 0 Å². The fourth-order valence-corrected chi connectivity index (χ4v) is 2.55. The lowest BCUT2D eigenvalue weighted by Crippen LogP contribution is -2.11. The molecule has 3 aromatic rings. The van der Waals surface area contributed by atoms with Crippen molar-refractivity contribution in [3.8, 4) is 0 Å². The Balaban J connectivity index is 2.05. The van der Waals surface area contributed by atoms with Crippen molar-refractivity contribution < 1.29 is 9.59 Å². The molecule has 0 saturated carbocycles. The summed E-state index contributed by atoms with van der Waals surface area (Å²) < 4.78 is 0. The largest absolute Gasteiger partial charge is 0.399 e. The Kier molecular flexibility index (Phi) is 4.12. The van der Waals surface area contributed by atoms with Gasteiger partial charge in [0.1, 0.15) is 0 Å². The molecular formula is C20H16N2O2. The van der Waals surface area contributed by atoms with Crippen LogP contribution in [0.1, 0.15) is 31.8 Å². The van der Waals surface area contributed by atoms with Crippen molar-refractivity contribution in [3.05, 3.63) is 95.1 Å². The first-order valence-corrected chi connectivity index (χ1v) is 7.46. The van der Waals surface area contributed by atoms with Crippen LogP contribution in [0.4, 0.5) is 11.4 Å². The Morgan fingerprint density at radius 3 is 1.38 bits per heavy atom. The van der Waals surface area contributed by atoms with Crippen molar-refractivity contribution in [1.29, 1.82) is 0 Å². The van der Waals surface area contributed by atoms with Crippen LogP contribution in [0.25, 0.3) is 0 Å². The van der Waals surface area contributed by atoms with Crippen molar-refractivity contribution in [2.24, 2.45) is 0 Å². The predicted octanol–water partition coefficient (Wildman–Crippen LogP) is 3.31. The van der Waals surface area contributed by atoms with Gasteiger partial charge in [-0.05, 0) is 24.3 Å². The van der Waals surface area contributed by atoms with Crippen LogP contribution in [0.15, 0.2) is 72.8 Å². The number of benzene rings is 3. The van der Waals surface area contributed by atoms with E-state index in [0.29, 0.717) is 33.6 Å². The van der Waals surface area contributed by atoms with Gasteiger partial charge in [-0.1, -0.05) is 48.5 Å². The van der Waals surface area contributed by atoms with Gasteiger partial charge in [-0.15, -0.1) is 0 Å². The molecule has 0 aliphatic rings. The molecule has 0 atom stereocenters. The lowest BCUT2D eigenvalue weighted by Gasteiger charge is -2.09. The molecule has 0 aliphatic carbocycles. The lowest BCUT2D eigenvalue weighted by atomic mass is 9.93. The van der Waals surface area contributed by atoms with Gasteiger partial charge in [-0.3, -0.25) is 9.59 Å². The minimum atomic E-state index is -0.241. The fourth-order valence-electron chi connectivity index (χ4n) is 2.55. The number of nitrogen functional groups attached to an aromatic ring is 2. The fraction of sp³-hybridized carbons (Fsp3) is 0. The number of carbonyl (C=O) groups excluding carboxylic acids is 2. The van der Waals surface area contributed by atoms with E-state index in [0.717, 1.165) is 0 Å². The summed E-state index contributed by atoms with van der Waals surface area (Å²) >= 11 is 0. The van der Waals surface area contributed by atoms with Gasteiger partial charge < -0.3 is 11.5 Å². The van der Waals surface area contributed by atoms with E-state index in [1.807, 2.05) is 0 Å². The molecule has 3 rings (SSSR count). The van der Waals surface area contributed by atoms with Crippen LogP contribution in [0.5, 0.6) is 0 Å². The molecule has 0 radical (unpaired) electrons. The maximum absolute atomic E-state index is 12.8. The Morgan fingerprint density at radius 2 is 1.00 bits per heavy atom. The molecule has 4 nitrogen and oxygen atoms in total. The summed E-state index contributed by atoms with van der Waals surface area (Å²) in [6.45, 7) is 0. The summed E-state index contributed by atoms with van der Waals surface area (Å²) in [6, 6.07) is 20.2. The van der Waals surface area contributed by atoms with Gasteiger partial charge in [0.05, 0.1) is 0 Å². The maximum atomic E-state index is 12.8. The molecule has 0 unspecified atom stereocenters. The quantitative estimate of drug-likeness (QED) is 0.571. The van der Waals surface area contributed by atoms with E-state index in [9.17, 15) is 9.59 Å². The molecule has 0 fully saturated rings. The first-order valence-electron chi connectivity index (χ1n) is 7.46. The van der Waals surface area contributed by atoms with E-state index < -0.39 is 0 Å². The number of carbonyl (C=O) groups is 2. The highest BCUT2D eigenvalue weighted by atomic mass is 16.1. The zero-order valence-electron chi connectivity index (χ0n) is 12.9.